The number of rotatable bonds is 6. The van der Waals surface area contributed by atoms with Crippen LogP contribution in [0.3, 0.4) is 0 Å². The van der Waals surface area contributed by atoms with Crippen molar-refractivity contribution in [2.45, 2.75) is 45.6 Å². The van der Waals surface area contributed by atoms with Gasteiger partial charge >= 0.3 is 0 Å². The molecule has 0 aliphatic carbocycles. The zero-order chi connectivity index (χ0) is 19.9. The van der Waals surface area contributed by atoms with Gasteiger partial charge in [0.25, 0.3) is 0 Å². The van der Waals surface area contributed by atoms with Crippen molar-refractivity contribution in [2.24, 2.45) is 0 Å². The number of hydrogen-bond donors (Lipinski definition) is 1. The minimum Gasteiger partial charge on any atom is -0.366 e. The van der Waals surface area contributed by atoms with Crippen molar-refractivity contribution >= 4 is 11.6 Å². The third kappa shape index (κ3) is 5.08. The fourth-order valence-electron chi connectivity index (χ4n) is 3.64. The topological polar surface area (TPSA) is 66.8 Å². The first-order valence-corrected chi connectivity index (χ1v) is 10.5. The van der Waals surface area contributed by atoms with E-state index in [1.807, 2.05) is 24.4 Å². The van der Waals surface area contributed by atoms with Gasteiger partial charge in [-0.3, -0.25) is 4.98 Å². The van der Waals surface area contributed by atoms with Crippen LogP contribution in [0.15, 0.2) is 48.9 Å². The van der Waals surface area contributed by atoms with E-state index in [1.165, 1.54) is 31.2 Å². The van der Waals surface area contributed by atoms with Crippen molar-refractivity contribution in [3.05, 3.63) is 60.2 Å². The summed E-state index contributed by atoms with van der Waals surface area (Å²) in [6, 6.07) is 10.2. The Bertz CT molecular complexity index is 920. The molecular weight excluding hydrogens is 360 g/mol. The van der Waals surface area contributed by atoms with Crippen LogP contribution in [0.5, 0.6) is 0 Å². The van der Waals surface area contributed by atoms with E-state index in [-0.39, 0.29) is 0 Å². The highest BCUT2D eigenvalue weighted by molar-refractivity contribution is 5.57. The van der Waals surface area contributed by atoms with Crippen LogP contribution in [-0.4, -0.2) is 33.0 Å². The molecule has 4 rings (SSSR count). The molecule has 3 aromatic rings. The third-order valence-corrected chi connectivity index (χ3v) is 5.29. The van der Waals surface area contributed by atoms with Crippen LogP contribution in [0.25, 0.3) is 11.4 Å². The van der Waals surface area contributed by atoms with E-state index >= 15 is 0 Å². The number of hydrogen-bond acceptors (Lipinski definition) is 6. The van der Waals surface area contributed by atoms with Gasteiger partial charge in [-0.05, 0) is 49.1 Å². The van der Waals surface area contributed by atoms with Gasteiger partial charge in [-0.15, -0.1) is 0 Å². The standard InChI is InChI=1S/C23H28N6/c1-2-20-16-21(28-23(27-20)19-8-10-24-11-9-19)26-17-18-7-12-25-22(15-18)29-13-5-3-4-6-14-29/h7-12,15-16H,2-6,13-14,17H2,1H3,(H,26,27,28). The molecule has 1 aliphatic heterocycles. The highest BCUT2D eigenvalue weighted by Gasteiger charge is 2.12. The Labute approximate surface area is 172 Å². The summed E-state index contributed by atoms with van der Waals surface area (Å²) in [7, 11) is 0. The molecule has 0 amide bonds. The van der Waals surface area contributed by atoms with E-state index in [1.54, 1.807) is 12.4 Å². The Balaban J connectivity index is 1.49. The second-order valence-corrected chi connectivity index (χ2v) is 7.43. The molecule has 29 heavy (non-hydrogen) atoms. The molecule has 0 atom stereocenters. The molecule has 1 N–H and O–H groups in total. The lowest BCUT2D eigenvalue weighted by atomic mass is 10.2. The molecule has 3 aromatic heterocycles. The monoisotopic (exact) mass is 388 g/mol. The number of nitrogens with zero attached hydrogens (tertiary/aromatic N) is 5. The van der Waals surface area contributed by atoms with Crippen molar-refractivity contribution in [3.63, 3.8) is 0 Å². The number of nitrogens with one attached hydrogen (secondary N) is 1. The number of anilines is 2. The Morgan fingerprint density at radius 2 is 1.72 bits per heavy atom. The number of pyridine rings is 2. The average molecular weight is 389 g/mol. The van der Waals surface area contributed by atoms with Gasteiger partial charge in [-0.25, -0.2) is 15.0 Å². The molecule has 0 unspecified atom stereocenters. The summed E-state index contributed by atoms with van der Waals surface area (Å²) in [6.07, 6.45) is 11.5. The molecule has 4 heterocycles. The summed E-state index contributed by atoms with van der Waals surface area (Å²) in [5, 5.41) is 3.48. The minimum atomic E-state index is 0.708. The molecule has 1 saturated heterocycles. The molecule has 1 fully saturated rings. The van der Waals surface area contributed by atoms with Gasteiger partial charge in [-0.2, -0.15) is 0 Å². The second kappa shape index (κ2) is 9.45. The van der Waals surface area contributed by atoms with Crippen molar-refractivity contribution in [1.82, 2.24) is 19.9 Å². The smallest absolute Gasteiger partial charge is 0.161 e. The third-order valence-electron chi connectivity index (χ3n) is 5.29. The number of aryl methyl sites for hydroxylation is 1. The van der Waals surface area contributed by atoms with Crippen LogP contribution < -0.4 is 10.2 Å². The molecular formula is C23H28N6. The molecule has 0 aromatic carbocycles. The van der Waals surface area contributed by atoms with Crippen LogP contribution in [0, 0.1) is 0 Å². The first-order valence-electron chi connectivity index (χ1n) is 10.5. The molecule has 0 saturated carbocycles. The number of aromatic nitrogens is 4. The van der Waals surface area contributed by atoms with Crippen LogP contribution in [0.2, 0.25) is 0 Å². The predicted molar refractivity (Wildman–Crippen MR) is 117 cm³/mol. The zero-order valence-corrected chi connectivity index (χ0v) is 17.0. The van der Waals surface area contributed by atoms with Crippen LogP contribution in [-0.2, 0) is 13.0 Å². The quantitative estimate of drug-likeness (QED) is 0.671. The lowest BCUT2D eigenvalue weighted by molar-refractivity contribution is 0.726. The molecule has 6 heteroatoms. The first kappa shape index (κ1) is 19.3. The molecule has 150 valence electrons. The lowest BCUT2D eigenvalue weighted by Crippen LogP contribution is -2.25. The van der Waals surface area contributed by atoms with Gasteiger partial charge in [0, 0.05) is 55.5 Å². The molecule has 0 radical (unpaired) electrons. The summed E-state index contributed by atoms with van der Waals surface area (Å²) in [4.78, 5) is 20.5. The predicted octanol–water partition coefficient (Wildman–Crippen LogP) is 4.49. The second-order valence-electron chi connectivity index (χ2n) is 7.43. The van der Waals surface area contributed by atoms with Gasteiger partial charge in [0.2, 0.25) is 0 Å². The van der Waals surface area contributed by atoms with Gasteiger partial charge in [-0.1, -0.05) is 19.8 Å². The highest BCUT2D eigenvalue weighted by atomic mass is 15.2. The SMILES string of the molecule is CCc1cc(NCc2ccnc(N3CCCCCC3)c2)nc(-c2ccncc2)n1. The molecule has 1 aliphatic rings. The van der Waals surface area contributed by atoms with E-state index < -0.39 is 0 Å². The fraction of sp³-hybridized carbons (Fsp3) is 0.391. The van der Waals surface area contributed by atoms with Crippen molar-refractivity contribution < 1.29 is 0 Å². The van der Waals surface area contributed by atoms with E-state index in [9.17, 15) is 0 Å². The van der Waals surface area contributed by atoms with E-state index in [0.29, 0.717) is 6.54 Å². The summed E-state index contributed by atoms with van der Waals surface area (Å²) < 4.78 is 0. The van der Waals surface area contributed by atoms with Gasteiger partial charge < -0.3 is 10.2 Å². The van der Waals surface area contributed by atoms with Crippen LogP contribution in [0.1, 0.15) is 43.9 Å². The maximum absolute atomic E-state index is 4.72. The Morgan fingerprint density at radius 1 is 0.931 bits per heavy atom. The van der Waals surface area contributed by atoms with Gasteiger partial charge in [0.1, 0.15) is 11.6 Å². The largest absolute Gasteiger partial charge is 0.366 e. The Morgan fingerprint density at radius 3 is 2.48 bits per heavy atom. The maximum Gasteiger partial charge on any atom is 0.161 e. The maximum atomic E-state index is 4.72. The van der Waals surface area contributed by atoms with Crippen molar-refractivity contribution in [2.75, 3.05) is 23.3 Å². The fourth-order valence-corrected chi connectivity index (χ4v) is 3.64. The van der Waals surface area contributed by atoms with Crippen molar-refractivity contribution in [1.29, 1.82) is 0 Å². The van der Waals surface area contributed by atoms with Crippen LogP contribution >= 0.6 is 0 Å². The lowest BCUT2D eigenvalue weighted by Gasteiger charge is -2.21. The zero-order valence-electron chi connectivity index (χ0n) is 17.0. The van der Waals surface area contributed by atoms with E-state index in [4.69, 9.17) is 4.98 Å². The summed E-state index contributed by atoms with van der Waals surface area (Å²) in [5.74, 6) is 2.66. The Kier molecular flexibility index (Phi) is 6.29. The Hall–Kier alpha value is -3.02. The normalized spacial score (nSPS) is 14.4. The average Bonchev–Trinajstić information content (AvgIpc) is 3.08. The molecule has 6 nitrogen and oxygen atoms in total. The van der Waals surface area contributed by atoms with Gasteiger partial charge in [0.05, 0.1) is 0 Å². The van der Waals surface area contributed by atoms with Crippen molar-refractivity contribution in [3.8, 4) is 11.4 Å². The summed E-state index contributed by atoms with van der Waals surface area (Å²) in [6.45, 7) is 5.02. The van der Waals surface area contributed by atoms with Crippen LogP contribution in [0.4, 0.5) is 11.6 Å². The molecule has 0 bridgehead atoms. The van der Waals surface area contributed by atoms with E-state index in [2.05, 4.69) is 44.2 Å². The summed E-state index contributed by atoms with van der Waals surface area (Å²) >= 11 is 0. The highest BCUT2D eigenvalue weighted by Crippen LogP contribution is 2.20. The summed E-state index contributed by atoms with van der Waals surface area (Å²) in [5.41, 5.74) is 3.21. The van der Waals surface area contributed by atoms with Gasteiger partial charge in [0.15, 0.2) is 5.82 Å². The minimum absolute atomic E-state index is 0.708. The first-order chi connectivity index (χ1) is 14.3. The van der Waals surface area contributed by atoms with E-state index in [0.717, 1.165) is 48.2 Å². The molecule has 0 spiro atoms.